The van der Waals surface area contributed by atoms with Crippen molar-refractivity contribution in [3.8, 4) is 0 Å². The van der Waals surface area contributed by atoms with E-state index in [9.17, 15) is 0 Å². The van der Waals surface area contributed by atoms with Gasteiger partial charge in [0.1, 0.15) is 0 Å². The molecule has 0 amide bonds. The van der Waals surface area contributed by atoms with Crippen LogP contribution in [-0.2, 0) is 12.0 Å². The minimum atomic E-state index is 0.00622. The van der Waals surface area contributed by atoms with Gasteiger partial charge >= 0.3 is 0 Å². The van der Waals surface area contributed by atoms with Crippen LogP contribution in [0.5, 0.6) is 0 Å². The summed E-state index contributed by atoms with van der Waals surface area (Å²) in [6.45, 7) is 6.99. The molecule has 0 saturated carbocycles. The largest absolute Gasteiger partial charge is 0.350 e. The Morgan fingerprint density at radius 2 is 2.08 bits per heavy atom. The Bertz CT molecular complexity index is 840. The first kappa shape index (κ1) is 17.3. The molecule has 0 atom stereocenters. The molecule has 0 aromatic carbocycles. The van der Waals surface area contributed by atoms with Crippen molar-refractivity contribution in [1.82, 2.24) is 25.1 Å². The summed E-state index contributed by atoms with van der Waals surface area (Å²) in [6, 6.07) is 5.88. The lowest BCUT2D eigenvalue weighted by Gasteiger charge is -2.14. The summed E-state index contributed by atoms with van der Waals surface area (Å²) in [5.41, 5.74) is 2.12. The third kappa shape index (κ3) is 4.54. The SMILES string of the molecule is CC(C)(C)c1cc(Nc2nc(NCc3cccnc3)ncc2Br)n[nH]1. The fraction of sp³-hybridized carbons (Fsp3) is 0.294. The summed E-state index contributed by atoms with van der Waals surface area (Å²) in [4.78, 5) is 12.9. The van der Waals surface area contributed by atoms with E-state index in [-0.39, 0.29) is 5.41 Å². The molecule has 0 aliphatic carbocycles. The number of hydrogen-bond acceptors (Lipinski definition) is 6. The van der Waals surface area contributed by atoms with Gasteiger partial charge in [0.05, 0.1) is 4.47 Å². The lowest BCUT2D eigenvalue weighted by molar-refractivity contribution is 0.567. The first-order chi connectivity index (χ1) is 11.9. The predicted molar refractivity (Wildman–Crippen MR) is 102 cm³/mol. The summed E-state index contributed by atoms with van der Waals surface area (Å²) in [7, 11) is 0. The zero-order valence-electron chi connectivity index (χ0n) is 14.3. The van der Waals surface area contributed by atoms with Crippen LogP contribution in [0, 0.1) is 0 Å². The number of H-pyrrole nitrogens is 1. The molecule has 0 unspecified atom stereocenters. The second-order valence-corrected chi connectivity index (χ2v) is 7.50. The Morgan fingerprint density at radius 3 is 2.76 bits per heavy atom. The molecule has 3 heterocycles. The van der Waals surface area contributed by atoms with Gasteiger partial charge in [-0.1, -0.05) is 26.8 Å². The Hall–Kier alpha value is -2.48. The molecule has 7 nitrogen and oxygen atoms in total. The number of nitrogens with zero attached hydrogens (tertiary/aromatic N) is 4. The summed E-state index contributed by atoms with van der Waals surface area (Å²) < 4.78 is 0.764. The quantitative estimate of drug-likeness (QED) is 0.597. The normalized spacial score (nSPS) is 11.4. The Labute approximate surface area is 154 Å². The van der Waals surface area contributed by atoms with Gasteiger partial charge in [-0.2, -0.15) is 10.1 Å². The molecule has 0 bridgehead atoms. The number of hydrogen-bond donors (Lipinski definition) is 3. The third-order valence-corrected chi connectivity index (χ3v) is 4.13. The maximum Gasteiger partial charge on any atom is 0.224 e. The Kier molecular flexibility index (Phi) is 4.98. The molecule has 3 N–H and O–H groups in total. The first-order valence-corrected chi connectivity index (χ1v) is 8.69. The highest BCUT2D eigenvalue weighted by Crippen LogP contribution is 2.26. The monoisotopic (exact) mass is 401 g/mol. The van der Waals surface area contributed by atoms with Gasteiger partial charge in [0.15, 0.2) is 11.6 Å². The number of aromatic amines is 1. The predicted octanol–water partition coefficient (Wildman–Crippen LogP) is 4.01. The topological polar surface area (TPSA) is 91.4 Å². The molecular formula is C17H20BrN7. The summed E-state index contributed by atoms with van der Waals surface area (Å²) in [5.74, 6) is 1.89. The lowest BCUT2D eigenvalue weighted by Crippen LogP contribution is -2.11. The molecule has 0 aliphatic heterocycles. The summed E-state index contributed by atoms with van der Waals surface area (Å²) in [6.07, 6.45) is 5.26. The van der Waals surface area contributed by atoms with E-state index < -0.39 is 0 Å². The third-order valence-electron chi connectivity index (χ3n) is 3.55. The minimum Gasteiger partial charge on any atom is -0.350 e. The standard InChI is InChI=1S/C17H20BrN7/c1-17(2,3)13-7-14(25-24-13)22-15-12(18)10-21-16(23-15)20-9-11-5-4-6-19-8-11/h4-8,10H,9H2,1-3H3,(H3,20,21,22,23,24,25). The van der Waals surface area contributed by atoms with E-state index in [1.54, 1.807) is 12.4 Å². The van der Waals surface area contributed by atoms with Crippen molar-refractivity contribution in [3.05, 3.63) is 52.5 Å². The van der Waals surface area contributed by atoms with Crippen LogP contribution in [0.3, 0.4) is 0 Å². The van der Waals surface area contributed by atoms with Crippen LogP contribution in [0.2, 0.25) is 0 Å². The molecule has 0 radical (unpaired) electrons. The molecule has 130 valence electrons. The molecule has 0 fully saturated rings. The average molecular weight is 402 g/mol. The van der Waals surface area contributed by atoms with Gasteiger partial charge in [0, 0.05) is 42.3 Å². The second-order valence-electron chi connectivity index (χ2n) is 6.65. The molecule has 3 aromatic heterocycles. The van der Waals surface area contributed by atoms with Crippen molar-refractivity contribution in [3.63, 3.8) is 0 Å². The van der Waals surface area contributed by atoms with Gasteiger partial charge in [-0.05, 0) is 27.6 Å². The number of nitrogens with one attached hydrogen (secondary N) is 3. The second kappa shape index (κ2) is 7.18. The van der Waals surface area contributed by atoms with Gasteiger partial charge in [0.2, 0.25) is 5.95 Å². The van der Waals surface area contributed by atoms with Crippen LogP contribution in [0.25, 0.3) is 0 Å². The van der Waals surface area contributed by atoms with Crippen molar-refractivity contribution in [2.75, 3.05) is 10.6 Å². The van der Waals surface area contributed by atoms with Crippen LogP contribution in [0.4, 0.5) is 17.6 Å². The molecule has 0 saturated heterocycles. The highest BCUT2D eigenvalue weighted by Gasteiger charge is 2.17. The Balaban J connectivity index is 1.72. The Morgan fingerprint density at radius 1 is 1.24 bits per heavy atom. The smallest absolute Gasteiger partial charge is 0.224 e. The molecular weight excluding hydrogens is 382 g/mol. The molecule has 8 heteroatoms. The van der Waals surface area contributed by atoms with E-state index in [1.165, 1.54) is 0 Å². The highest BCUT2D eigenvalue weighted by molar-refractivity contribution is 9.10. The van der Waals surface area contributed by atoms with Crippen LogP contribution in [0.15, 0.2) is 41.3 Å². The van der Waals surface area contributed by atoms with Crippen molar-refractivity contribution in [2.24, 2.45) is 0 Å². The number of aromatic nitrogens is 5. The summed E-state index contributed by atoms with van der Waals surface area (Å²) in [5, 5.41) is 13.8. The zero-order valence-corrected chi connectivity index (χ0v) is 15.9. The van der Waals surface area contributed by atoms with Crippen LogP contribution in [-0.4, -0.2) is 25.1 Å². The zero-order chi connectivity index (χ0) is 17.9. The lowest BCUT2D eigenvalue weighted by atomic mass is 9.92. The minimum absolute atomic E-state index is 0.00622. The number of halogens is 1. The maximum absolute atomic E-state index is 4.50. The highest BCUT2D eigenvalue weighted by atomic mass is 79.9. The van der Waals surface area contributed by atoms with Gasteiger partial charge in [-0.3, -0.25) is 10.1 Å². The van der Waals surface area contributed by atoms with E-state index in [2.05, 4.69) is 72.5 Å². The molecule has 25 heavy (non-hydrogen) atoms. The molecule has 3 aromatic rings. The van der Waals surface area contributed by atoms with Gasteiger partial charge in [-0.25, -0.2) is 4.98 Å². The van der Waals surface area contributed by atoms with E-state index in [0.717, 1.165) is 15.7 Å². The average Bonchev–Trinajstić information content (AvgIpc) is 3.05. The van der Waals surface area contributed by atoms with Gasteiger partial charge in [-0.15, -0.1) is 0 Å². The molecule has 0 spiro atoms. The first-order valence-electron chi connectivity index (χ1n) is 7.90. The van der Waals surface area contributed by atoms with Crippen LogP contribution < -0.4 is 10.6 Å². The fourth-order valence-corrected chi connectivity index (χ4v) is 2.41. The van der Waals surface area contributed by atoms with Crippen molar-refractivity contribution in [1.29, 1.82) is 0 Å². The van der Waals surface area contributed by atoms with E-state index in [4.69, 9.17) is 0 Å². The fourth-order valence-electron chi connectivity index (χ4n) is 2.12. The number of pyridine rings is 1. The number of anilines is 3. The van der Waals surface area contributed by atoms with E-state index in [0.29, 0.717) is 24.1 Å². The van der Waals surface area contributed by atoms with Crippen molar-refractivity contribution in [2.45, 2.75) is 32.7 Å². The van der Waals surface area contributed by atoms with Gasteiger partial charge in [0.25, 0.3) is 0 Å². The molecule has 0 aliphatic rings. The number of rotatable bonds is 5. The van der Waals surface area contributed by atoms with Crippen molar-refractivity contribution < 1.29 is 0 Å². The summed E-state index contributed by atoms with van der Waals surface area (Å²) >= 11 is 3.47. The van der Waals surface area contributed by atoms with Gasteiger partial charge < -0.3 is 10.6 Å². The van der Waals surface area contributed by atoms with Crippen molar-refractivity contribution >= 4 is 33.5 Å². The maximum atomic E-state index is 4.50. The molecule has 3 rings (SSSR count). The van der Waals surface area contributed by atoms with Crippen LogP contribution in [0.1, 0.15) is 32.0 Å². The van der Waals surface area contributed by atoms with E-state index in [1.807, 2.05) is 24.4 Å². The van der Waals surface area contributed by atoms with E-state index >= 15 is 0 Å². The van der Waals surface area contributed by atoms with Crippen LogP contribution >= 0.6 is 15.9 Å².